The number of aryl methyl sites for hydroxylation is 1. The summed E-state index contributed by atoms with van der Waals surface area (Å²) in [6.07, 6.45) is 8.10. The minimum Gasteiger partial charge on any atom is -0.494 e. The van der Waals surface area contributed by atoms with Gasteiger partial charge in [0.05, 0.1) is 49.6 Å². The highest BCUT2D eigenvalue weighted by Crippen LogP contribution is 2.51. The average Bonchev–Trinajstić information content (AvgIpc) is 3.55. The number of nitrogens with one attached hydrogen (secondary N) is 2. The molecule has 1 saturated heterocycles. The fourth-order valence-electron chi connectivity index (χ4n) is 5.02. The normalized spacial score (nSPS) is 13.3. The van der Waals surface area contributed by atoms with E-state index in [2.05, 4.69) is 46.6 Å². The van der Waals surface area contributed by atoms with Crippen molar-refractivity contribution in [1.82, 2.24) is 29.7 Å². The van der Waals surface area contributed by atoms with E-state index in [0.717, 1.165) is 29.9 Å². The van der Waals surface area contributed by atoms with Crippen molar-refractivity contribution in [3.05, 3.63) is 60.8 Å². The van der Waals surface area contributed by atoms with E-state index < -0.39 is 7.82 Å². The van der Waals surface area contributed by atoms with Crippen LogP contribution in [0.5, 0.6) is 11.5 Å². The van der Waals surface area contributed by atoms with Gasteiger partial charge in [-0.05, 0) is 18.2 Å². The first-order chi connectivity index (χ1) is 22.8. The average molecular weight is 659 g/mol. The zero-order chi connectivity index (χ0) is 33.0. The lowest BCUT2D eigenvalue weighted by molar-refractivity contribution is 0.122. The van der Waals surface area contributed by atoms with Gasteiger partial charge >= 0.3 is 7.82 Å². The number of aromatic nitrogens is 6. The van der Waals surface area contributed by atoms with Crippen molar-refractivity contribution >= 4 is 47.7 Å². The molecule has 3 aromatic heterocycles. The van der Waals surface area contributed by atoms with Crippen LogP contribution in [0.15, 0.2) is 55.2 Å². The maximum atomic E-state index is 13.0. The molecule has 1 aliphatic rings. The molecule has 17 heteroatoms. The van der Waals surface area contributed by atoms with Gasteiger partial charge in [0.1, 0.15) is 22.9 Å². The van der Waals surface area contributed by atoms with Crippen molar-refractivity contribution in [2.45, 2.75) is 0 Å². The summed E-state index contributed by atoms with van der Waals surface area (Å²) in [4.78, 5) is 19.9. The van der Waals surface area contributed by atoms with Gasteiger partial charge in [0.15, 0.2) is 11.6 Å². The summed E-state index contributed by atoms with van der Waals surface area (Å²) in [5.74, 6) is 0.893. The summed E-state index contributed by atoms with van der Waals surface area (Å²) in [6, 6.07) is 9.33. The van der Waals surface area contributed by atoms with Crippen molar-refractivity contribution in [2.75, 3.05) is 63.2 Å². The molecule has 0 atom stereocenters. The highest BCUT2D eigenvalue weighted by Gasteiger charge is 2.29. The fourth-order valence-corrected chi connectivity index (χ4v) is 5.73. The molecule has 0 amide bonds. The summed E-state index contributed by atoms with van der Waals surface area (Å²) < 4.78 is 41.9. The monoisotopic (exact) mass is 658 g/mol. The van der Waals surface area contributed by atoms with E-state index in [1.807, 2.05) is 25.4 Å². The maximum Gasteiger partial charge on any atom is 0.529 e. The third-order valence-electron chi connectivity index (χ3n) is 7.34. The standard InChI is InChI=1S/C30H31N10O6P/c1-39-18-20(17-35-39)21-13-24(26(42-2)14-25(21)40-9-11-45-12-10-40)37-30-34-16-19(15-31)29(38-30)36-23-6-5-22-27(33-8-7-32-22)28(23)46-47(41,43-3)44-4/h5-8,13-14,16-18H,9-12H2,1-4H3,(H2,34,36,37,38). The Labute approximate surface area is 269 Å². The fraction of sp³-hybridized carbons (Fsp3) is 0.267. The van der Waals surface area contributed by atoms with Crippen molar-refractivity contribution in [1.29, 1.82) is 5.26 Å². The maximum absolute atomic E-state index is 13.0. The van der Waals surface area contributed by atoms with Gasteiger partial charge in [-0.25, -0.2) is 14.5 Å². The Morgan fingerprint density at radius 1 is 1.00 bits per heavy atom. The lowest BCUT2D eigenvalue weighted by atomic mass is 10.0. The van der Waals surface area contributed by atoms with Gasteiger partial charge in [0.2, 0.25) is 5.95 Å². The Hall–Kier alpha value is -5.33. The molecule has 1 fully saturated rings. The molecule has 0 aliphatic carbocycles. The number of phosphoric ester groups is 1. The molecule has 4 heterocycles. The molecule has 0 bridgehead atoms. The molecule has 0 spiro atoms. The number of benzene rings is 2. The number of morpholine rings is 1. The van der Waals surface area contributed by atoms with Crippen molar-refractivity contribution in [2.24, 2.45) is 7.05 Å². The zero-order valence-electron chi connectivity index (χ0n) is 26.0. The largest absolute Gasteiger partial charge is 0.529 e. The van der Waals surface area contributed by atoms with E-state index in [9.17, 15) is 9.83 Å². The van der Waals surface area contributed by atoms with Gasteiger partial charge in [-0.15, -0.1) is 0 Å². The number of methoxy groups -OCH3 is 1. The zero-order valence-corrected chi connectivity index (χ0v) is 26.9. The predicted octanol–water partition coefficient (Wildman–Crippen LogP) is 4.80. The SMILES string of the molecule is COc1cc(N2CCOCC2)c(-c2cnn(C)c2)cc1Nc1ncc(C#N)c(Nc2ccc3nccnc3c2OP(=O)(OC)OC)n1. The number of nitriles is 1. The summed E-state index contributed by atoms with van der Waals surface area (Å²) in [5.41, 5.74) is 4.57. The minimum absolute atomic E-state index is 0.0288. The topological polar surface area (TPSA) is 184 Å². The van der Waals surface area contributed by atoms with Crippen molar-refractivity contribution < 1.29 is 27.6 Å². The number of fused-ring (bicyclic) bond motifs is 1. The third-order valence-corrected chi connectivity index (χ3v) is 8.64. The Kier molecular flexibility index (Phi) is 9.14. The molecule has 16 nitrogen and oxygen atoms in total. The molecular weight excluding hydrogens is 627 g/mol. The van der Waals surface area contributed by atoms with Gasteiger partial charge < -0.3 is 29.5 Å². The molecule has 2 aromatic carbocycles. The van der Waals surface area contributed by atoms with E-state index in [1.165, 1.54) is 32.8 Å². The second-order valence-corrected chi connectivity index (χ2v) is 12.0. The first-order valence-electron chi connectivity index (χ1n) is 14.3. The second-order valence-electron chi connectivity index (χ2n) is 10.2. The third kappa shape index (κ3) is 6.64. The van der Waals surface area contributed by atoms with Crippen LogP contribution < -0.4 is 24.8 Å². The number of anilines is 5. The van der Waals surface area contributed by atoms with E-state index in [1.54, 1.807) is 30.1 Å². The number of ether oxygens (including phenoxy) is 2. The van der Waals surface area contributed by atoms with Gasteiger partial charge in [-0.1, -0.05) is 0 Å². The van der Waals surface area contributed by atoms with Crippen LogP contribution in [0.1, 0.15) is 5.56 Å². The van der Waals surface area contributed by atoms with Crippen LogP contribution in [0.25, 0.3) is 22.2 Å². The van der Waals surface area contributed by atoms with Crippen LogP contribution >= 0.6 is 7.82 Å². The van der Waals surface area contributed by atoms with Crippen LogP contribution in [0, 0.1) is 11.3 Å². The highest BCUT2D eigenvalue weighted by molar-refractivity contribution is 7.48. The molecule has 0 radical (unpaired) electrons. The van der Waals surface area contributed by atoms with Gasteiger partial charge in [0, 0.05) is 75.8 Å². The van der Waals surface area contributed by atoms with Crippen molar-refractivity contribution in [3.8, 4) is 28.7 Å². The summed E-state index contributed by atoms with van der Waals surface area (Å²) in [5, 5.41) is 20.6. The van der Waals surface area contributed by atoms with E-state index >= 15 is 0 Å². The van der Waals surface area contributed by atoms with Crippen LogP contribution in [0.4, 0.5) is 28.8 Å². The first kappa shape index (κ1) is 31.6. The highest BCUT2D eigenvalue weighted by atomic mass is 31.2. The number of rotatable bonds is 11. The number of nitrogens with zero attached hydrogens (tertiary/aromatic N) is 8. The molecule has 0 saturated carbocycles. The van der Waals surface area contributed by atoms with E-state index in [4.69, 9.17) is 23.0 Å². The van der Waals surface area contributed by atoms with Crippen LogP contribution in [-0.2, 0) is 25.4 Å². The van der Waals surface area contributed by atoms with Gasteiger partial charge in [-0.3, -0.25) is 18.7 Å². The Morgan fingerprint density at radius 3 is 2.49 bits per heavy atom. The van der Waals surface area contributed by atoms with Crippen LogP contribution in [0.2, 0.25) is 0 Å². The lowest BCUT2D eigenvalue weighted by Gasteiger charge is -2.31. The van der Waals surface area contributed by atoms with Gasteiger partial charge in [0.25, 0.3) is 0 Å². The summed E-state index contributed by atoms with van der Waals surface area (Å²) in [6.45, 7) is 2.70. The Morgan fingerprint density at radius 2 is 1.79 bits per heavy atom. The van der Waals surface area contributed by atoms with Crippen LogP contribution in [-0.4, -0.2) is 77.3 Å². The summed E-state index contributed by atoms with van der Waals surface area (Å²) in [7, 11) is 1.84. The van der Waals surface area contributed by atoms with Crippen LogP contribution in [0.3, 0.4) is 0 Å². The summed E-state index contributed by atoms with van der Waals surface area (Å²) >= 11 is 0. The quantitative estimate of drug-likeness (QED) is 0.184. The number of hydrogen-bond acceptors (Lipinski definition) is 15. The van der Waals surface area contributed by atoms with Gasteiger partial charge in [-0.2, -0.15) is 15.3 Å². The second kappa shape index (κ2) is 13.6. The first-order valence-corrected chi connectivity index (χ1v) is 15.8. The van der Waals surface area contributed by atoms with E-state index in [0.29, 0.717) is 30.2 Å². The molecule has 242 valence electrons. The molecule has 47 heavy (non-hydrogen) atoms. The molecule has 1 aliphatic heterocycles. The predicted molar refractivity (Wildman–Crippen MR) is 173 cm³/mol. The Balaban J connectivity index is 1.39. The number of phosphoric acid groups is 1. The molecule has 0 unspecified atom stereocenters. The smallest absolute Gasteiger partial charge is 0.494 e. The Bertz CT molecular complexity index is 2000. The number of hydrogen-bond donors (Lipinski definition) is 2. The molecule has 5 aromatic rings. The minimum atomic E-state index is -4.01. The lowest BCUT2D eigenvalue weighted by Crippen LogP contribution is -2.36. The molecular formula is C30H31N10O6P. The van der Waals surface area contributed by atoms with Crippen molar-refractivity contribution in [3.63, 3.8) is 0 Å². The molecule has 6 rings (SSSR count). The van der Waals surface area contributed by atoms with E-state index in [-0.39, 0.29) is 34.3 Å². The molecule has 2 N–H and O–H groups in total.